The number of aliphatic carboxylic acids is 1. The summed E-state index contributed by atoms with van der Waals surface area (Å²) in [5.74, 6) is 0.490. The highest BCUT2D eigenvalue weighted by atomic mass is 16.4. The van der Waals surface area contributed by atoms with Gasteiger partial charge in [-0.05, 0) is 51.5 Å². The molecule has 0 spiro atoms. The van der Waals surface area contributed by atoms with E-state index in [1.807, 2.05) is 14.0 Å². The first-order valence-electron chi connectivity index (χ1n) is 5.49. The van der Waals surface area contributed by atoms with Gasteiger partial charge in [-0.1, -0.05) is 0 Å². The fourth-order valence-corrected chi connectivity index (χ4v) is 2.17. The molecule has 2 saturated carbocycles. The highest BCUT2D eigenvalue weighted by molar-refractivity contribution is 5.79. The second-order valence-corrected chi connectivity index (χ2v) is 5.05. The van der Waals surface area contributed by atoms with E-state index in [0.717, 1.165) is 25.3 Å². The lowest BCUT2D eigenvalue weighted by Crippen LogP contribution is -2.53. The van der Waals surface area contributed by atoms with E-state index in [-0.39, 0.29) is 0 Å². The van der Waals surface area contributed by atoms with Crippen molar-refractivity contribution in [3.8, 4) is 0 Å². The van der Waals surface area contributed by atoms with Crippen LogP contribution in [0.5, 0.6) is 0 Å². The van der Waals surface area contributed by atoms with E-state index in [2.05, 4.69) is 4.90 Å². The molecule has 2 fully saturated rings. The predicted octanol–water partition coefficient (Wildman–Crippen LogP) is 1.58. The summed E-state index contributed by atoms with van der Waals surface area (Å²) < 4.78 is 0. The van der Waals surface area contributed by atoms with Gasteiger partial charge in [0.1, 0.15) is 5.54 Å². The van der Waals surface area contributed by atoms with Gasteiger partial charge >= 0.3 is 5.97 Å². The lowest BCUT2D eigenvalue weighted by molar-refractivity contribution is -0.151. The first-order valence-corrected chi connectivity index (χ1v) is 5.49. The molecule has 14 heavy (non-hydrogen) atoms. The summed E-state index contributed by atoms with van der Waals surface area (Å²) in [6, 6.07) is 0. The third kappa shape index (κ3) is 1.65. The van der Waals surface area contributed by atoms with Crippen LogP contribution in [0.3, 0.4) is 0 Å². The largest absolute Gasteiger partial charge is 0.480 e. The number of hydrogen-bond acceptors (Lipinski definition) is 2. The smallest absolute Gasteiger partial charge is 0.324 e. The molecule has 1 N–H and O–H groups in total. The van der Waals surface area contributed by atoms with E-state index in [1.165, 1.54) is 12.8 Å². The minimum atomic E-state index is -0.650. The Kier molecular flexibility index (Phi) is 2.30. The van der Waals surface area contributed by atoms with Gasteiger partial charge in [-0.2, -0.15) is 0 Å². The third-order valence-corrected chi connectivity index (χ3v) is 3.83. The molecule has 0 radical (unpaired) electrons. The van der Waals surface area contributed by atoms with Crippen LogP contribution in [0, 0.1) is 11.8 Å². The van der Waals surface area contributed by atoms with Crippen molar-refractivity contribution in [2.45, 2.75) is 38.1 Å². The van der Waals surface area contributed by atoms with Crippen molar-refractivity contribution in [1.29, 1.82) is 0 Å². The zero-order chi connectivity index (χ0) is 10.3. The summed E-state index contributed by atoms with van der Waals surface area (Å²) in [6.45, 7) is 2.84. The van der Waals surface area contributed by atoms with Crippen LogP contribution in [-0.4, -0.2) is 35.1 Å². The minimum Gasteiger partial charge on any atom is -0.480 e. The molecule has 0 bridgehead atoms. The highest BCUT2D eigenvalue weighted by Crippen LogP contribution is 2.44. The van der Waals surface area contributed by atoms with Crippen molar-refractivity contribution >= 4 is 5.97 Å². The average molecular weight is 197 g/mol. The molecule has 0 heterocycles. The quantitative estimate of drug-likeness (QED) is 0.727. The van der Waals surface area contributed by atoms with Crippen molar-refractivity contribution < 1.29 is 9.90 Å². The van der Waals surface area contributed by atoms with Crippen molar-refractivity contribution in [3.05, 3.63) is 0 Å². The molecule has 0 saturated heterocycles. The summed E-state index contributed by atoms with van der Waals surface area (Å²) in [4.78, 5) is 13.4. The summed E-state index contributed by atoms with van der Waals surface area (Å²) in [5.41, 5.74) is -0.609. The topological polar surface area (TPSA) is 40.5 Å². The number of carboxylic acids is 1. The average Bonchev–Trinajstić information content (AvgIpc) is 2.95. The van der Waals surface area contributed by atoms with Crippen molar-refractivity contribution in [3.63, 3.8) is 0 Å². The molecule has 2 rings (SSSR count). The molecule has 0 aromatic carbocycles. The molecule has 1 unspecified atom stereocenters. The van der Waals surface area contributed by atoms with Gasteiger partial charge in [0.05, 0.1) is 0 Å². The SMILES string of the molecule is CN(CC1CC1)C(C)(C(=O)O)C1CC1. The first-order chi connectivity index (χ1) is 6.55. The Bertz CT molecular complexity index is 246. The summed E-state index contributed by atoms with van der Waals surface area (Å²) in [6.07, 6.45) is 4.73. The van der Waals surface area contributed by atoms with Crippen LogP contribution in [0.1, 0.15) is 32.6 Å². The molecular weight excluding hydrogens is 178 g/mol. The Morgan fingerprint density at radius 3 is 2.36 bits per heavy atom. The Hall–Kier alpha value is -0.570. The fraction of sp³-hybridized carbons (Fsp3) is 0.909. The maximum Gasteiger partial charge on any atom is 0.324 e. The van der Waals surface area contributed by atoms with Crippen molar-refractivity contribution in [1.82, 2.24) is 4.90 Å². The predicted molar refractivity (Wildman–Crippen MR) is 54.1 cm³/mol. The van der Waals surface area contributed by atoms with Crippen molar-refractivity contribution in [2.75, 3.05) is 13.6 Å². The number of carbonyl (C=O) groups is 1. The van der Waals surface area contributed by atoms with Gasteiger partial charge in [-0.3, -0.25) is 9.69 Å². The Labute approximate surface area is 85.1 Å². The zero-order valence-corrected chi connectivity index (χ0v) is 8.99. The van der Waals surface area contributed by atoms with Crippen LogP contribution in [0.2, 0.25) is 0 Å². The van der Waals surface area contributed by atoms with Crippen LogP contribution in [0.25, 0.3) is 0 Å². The second-order valence-electron chi connectivity index (χ2n) is 5.05. The summed E-state index contributed by atoms with van der Waals surface area (Å²) >= 11 is 0. The number of carboxylic acid groups (broad SMARTS) is 1. The molecule has 1 atom stereocenters. The van der Waals surface area contributed by atoms with E-state index >= 15 is 0 Å². The summed E-state index contributed by atoms with van der Waals surface area (Å²) in [7, 11) is 1.96. The maximum atomic E-state index is 11.3. The number of rotatable bonds is 5. The Balaban J connectivity index is 2.03. The number of hydrogen-bond donors (Lipinski definition) is 1. The van der Waals surface area contributed by atoms with Crippen LogP contribution < -0.4 is 0 Å². The molecule has 3 heteroatoms. The van der Waals surface area contributed by atoms with E-state index in [1.54, 1.807) is 0 Å². The maximum absolute atomic E-state index is 11.3. The lowest BCUT2D eigenvalue weighted by atomic mass is 9.93. The van der Waals surface area contributed by atoms with E-state index < -0.39 is 11.5 Å². The Morgan fingerprint density at radius 1 is 1.43 bits per heavy atom. The van der Waals surface area contributed by atoms with Crippen LogP contribution >= 0.6 is 0 Å². The van der Waals surface area contributed by atoms with Gasteiger partial charge in [0.25, 0.3) is 0 Å². The first kappa shape index (κ1) is 9.97. The van der Waals surface area contributed by atoms with E-state index in [4.69, 9.17) is 0 Å². The van der Waals surface area contributed by atoms with Gasteiger partial charge in [-0.25, -0.2) is 0 Å². The Morgan fingerprint density at radius 2 is 2.00 bits per heavy atom. The number of likely N-dealkylation sites (N-methyl/N-ethyl adjacent to an activating group) is 1. The van der Waals surface area contributed by atoms with Gasteiger partial charge < -0.3 is 5.11 Å². The molecule has 2 aliphatic rings. The molecule has 2 aliphatic carbocycles. The van der Waals surface area contributed by atoms with Gasteiger partial charge in [0.15, 0.2) is 0 Å². The zero-order valence-electron chi connectivity index (χ0n) is 8.99. The van der Waals surface area contributed by atoms with E-state index in [0.29, 0.717) is 5.92 Å². The van der Waals surface area contributed by atoms with Crippen LogP contribution in [0.4, 0.5) is 0 Å². The second kappa shape index (κ2) is 3.23. The van der Waals surface area contributed by atoms with Crippen LogP contribution in [0.15, 0.2) is 0 Å². The summed E-state index contributed by atoms with van der Waals surface area (Å²) in [5, 5.41) is 9.30. The molecule has 80 valence electrons. The standard InChI is InChI=1S/C11H19NO2/c1-11(10(13)14,9-5-6-9)12(2)7-8-3-4-8/h8-9H,3-7H2,1-2H3,(H,13,14). The van der Waals surface area contributed by atoms with Gasteiger partial charge in [0.2, 0.25) is 0 Å². The van der Waals surface area contributed by atoms with Crippen LogP contribution in [-0.2, 0) is 4.79 Å². The molecule has 0 aromatic rings. The van der Waals surface area contributed by atoms with Gasteiger partial charge in [-0.15, -0.1) is 0 Å². The monoisotopic (exact) mass is 197 g/mol. The lowest BCUT2D eigenvalue weighted by Gasteiger charge is -2.35. The molecule has 0 aliphatic heterocycles. The highest BCUT2D eigenvalue weighted by Gasteiger charge is 2.50. The molecular formula is C11H19NO2. The molecule has 3 nitrogen and oxygen atoms in total. The van der Waals surface area contributed by atoms with Gasteiger partial charge in [0, 0.05) is 6.54 Å². The fourth-order valence-electron chi connectivity index (χ4n) is 2.17. The van der Waals surface area contributed by atoms with Crippen molar-refractivity contribution in [2.24, 2.45) is 11.8 Å². The molecule has 0 amide bonds. The normalized spacial score (nSPS) is 26.2. The third-order valence-electron chi connectivity index (χ3n) is 3.83. The number of nitrogens with zero attached hydrogens (tertiary/aromatic N) is 1. The van der Waals surface area contributed by atoms with E-state index in [9.17, 15) is 9.90 Å². The molecule has 0 aromatic heterocycles. The minimum absolute atomic E-state index is 0.378.